The first kappa shape index (κ1) is 20.2. The third-order valence-corrected chi connectivity index (χ3v) is 6.12. The summed E-state index contributed by atoms with van der Waals surface area (Å²) >= 11 is 0. The lowest BCUT2D eigenvalue weighted by molar-refractivity contribution is 0.286. The molecule has 1 saturated carbocycles. The van der Waals surface area contributed by atoms with Crippen LogP contribution in [0.3, 0.4) is 0 Å². The predicted octanol–water partition coefficient (Wildman–Crippen LogP) is 4.25. The molecule has 4 rings (SSSR count). The van der Waals surface area contributed by atoms with Gasteiger partial charge >= 0.3 is 0 Å². The number of ether oxygens (including phenoxy) is 2. The van der Waals surface area contributed by atoms with Crippen molar-refractivity contribution in [2.75, 3.05) is 26.7 Å². The zero-order chi connectivity index (χ0) is 20.1. The highest BCUT2D eigenvalue weighted by Crippen LogP contribution is 2.45. The summed E-state index contributed by atoms with van der Waals surface area (Å²) in [6.07, 6.45) is 4.84. The minimum atomic E-state index is -0.286. The fourth-order valence-electron chi connectivity index (χ4n) is 4.30. The summed E-state index contributed by atoms with van der Waals surface area (Å²) in [5.41, 5.74) is 1.94. The maximum absolute atomic E-state index is 14.5. The Kier molecular flexibility index (Phi) is 6.67. The van der Waals surface area contributed by atoms with Gasteiger partial charge in [0.1, 0.15) is 12.4 Å². The number of hydrogen-bond donors (Lipinski definition) is 2. The third-order valence-electron chi connectivity index (χ3n) is 6.12. The van der Waals surface area contributed by atoms with Gasteiger partial charge in [-0.05, 0) is 75.0 Å². The number of para-hydroxylation sites is 1. The largest absolute Gasteiger partial charge is 0.497 e. The second-order valence-corrected chi connectivity index (χ2v) is 8.18. The number of hydrogen-bond acceptors (Lipinski definition) is 4. The molecule has 0 amide bonds. The second kappa shape index (κ2) is 9.59. The molecule has 0 aromatic heterocycles. The molecule has 2 atom stereocenters. The van der Waals surface area contributed by atoms with Crippen LogP contribution in [0.15, 0.2) is 42.5 Å². The quantitative estimate of drug-likeness (QED) is 0.663. The van der Waals surface area contributed by atoms with E-state index >= 15 is 0 Å². The maximum Gasteiger partial charge on any atom is 0.165 e. The predicted molar refractivity (Wildman–Crippen MR) is 113 cm³/mol. The van der Waals surface area contributed by atoms with Crippen LogP contribution in [-0.4, -0.2) is 32.8 Å². The van der Waals surface area contributed by atoms with Crippen molar-refractivity contribution in [3.63, 3.8) is 0 Å². The Bertz CT molecular complexity index is 807. The first-order valence-electron chi connectivity index (χ1n) is 10.7. The molecule has 1 aliphatic carbocycles. The number of rotatable bonds is 9. The van der Waals surface area contributed by atoms with E-state index in [1.807, 2.05) is 30.3 Å². The van der Waals surface area contributed by atoms with Crippen molar-refractivity contribution in [3.05, 3.63) is 59.4 Å². The van der Waals surface area contributed by atoms with Gasteiger partial charge in [0.15, 0.2) is 11.6 Å². The topological polar surface area (TPSA) is 42.5 Å². The Hall–Kier alpha value is -2.11. The first-order chi connectivity index (χ1) is 14.2. The molecular weight excluding hydrogens is 367 g/mol. The summed E-state index contributed by atoms with van der Waals surface area (Å²) < 4.78 is 25.7. The van der Waals surface area contributed by atoms with Gasteiger partial charge in [0.2, 0.25) is 0 Å². The lowest BCUT2D eigenvalue weighted by Gasteiger charge is -2.22. The van der Waals surface area contributed by atoms with E-state index in [9.17, 15) is 4.39 Å². The molecule has 5 heteroatoms. The van der Waals surface area contributed by atoms with E-state index in [-0.39, 0.29) is 5.82 Å². The average Bonchev–Trinajstić information content (AvgIpc) is 3.53. The van der Waals surface area contributed by atoms with Gasteiger partial charge in [0, 0.05) is 17.5 Å². The highest BCUT2D eigenvalue weighted by atomic mass is 19.1. The van der Waals surface area contributed by atoms with Crippen molar-refractivity contribution in [1.82, 2.24) is 10.6 Å². The maximum atomic E-state index is 14.5. The van der Waals surface area contributed by atoms with Gasteiger partial charge in [0.25, 0.3) is 0 Å². The minimum Gasteiger partial charge on any atom is -0.497 e. The van der Waals surface area contributed by atoms with Gasteiger partial charge in [-0.3, -0.25) is 0 Å². The van der Waals surface area contributed by atoms with E-state index in [2.05, 4.69) is 10.6 Å². The monoisotopic (exact) mass is 398 g/mol. The Morgan fingerprint density at radius 2 is 1.97 bits per heavy atom. The summed E-state index contributed by atoms with van der Waals surface area (Å²) in [6, 6.07) is 13.4. The fraction of sp³-hybridized carbons (Fsp3) is 0.500. The van der Waals surface area contributed by atoms with E-state index < -0.39 is 0 Å². The van der Waals surface area contributed by atoms with E-state index in [1.165, 1.54) is 25.3 Å². The molecule has 2 unspecified atom stereocenters. The Balaban J connectivity index is 1.33. The van der Waals surface area contributed by atoms with Crippen molar-refractivity contribution in [3.8, 4) is 11.5 Å². The molecule has 1 aliphatic heterocycles. The molecule has 1 saturated heterocycles. The molecule has 4 nitrogen and oxygen atoms in total. The van der Waals surface area contributed by atoms with Gasteiger partial charge < -0.3 is 20.1 Å². The number of halogens is 1. The zero-order valence-corrected chi connectivity index (χ0v) is 17.1. The second-order valence-electron chi connectivity index (χ2n) is 8.18. The summed E-state index contributed by atoms with van der Waals surface area (Å²) in [4.78, 5) is 0. The van der Waals surface area contributed by atoms with Crippen molar-refractivity contribution in [2.24, 2.45) is 5.92 Å². The Morgan fingerprint density at radius 3 is 2.79 bits per heavy atom. The van der Waals surface area contributed by atoms with Crippen LogP contribution in [-0.2, 0) is 6.61 Å². The molecular formula is C24H31FN2O2. The van der Waals surface area contributed by atoms with Crippen LogP contribution in [0.2, 0.25) is 0 Å². The number of benzene rings is 2. The molecule has 156 valence electrons. The van der Waals surface area contributed by atoms with Crippen LogP contribution >= 0.6 is 0 Å². The highest BCUT2D eigenvalue weighted by Gasteiger charge is 2.40. The van der Waals surface area contributed by atoms with E-state index in [4.69, 9.17) is 9.47 Å². The molecule has 2 aliphatic rings. The molecule has 29 heavy (non-hydrogen) atoms. The zero-order valence-electron chi connectivity index (χ0n) is 17.1. The summed E-state index contributed by atoms with van der Waals surface area (Å²) in [5.74, 6) is 2.05. The molecule has 0 bridgehead atoms. The fourth-order valence-corrected chi connectivity index (χ4v) is 4.30. The number of nitrogens with one attached hydrogen (secondary N) is 2. The van der Waals surface area contributed by atoms with E-state index in [0.29, 0.717) is 24.3 Å². The van der Waals surface area contributed by atoms with E-state index in [0.717, 1.165) is 48.8 Å². The molecule has 2 aromatic carbocycles. The van der Waals surface area contributed by atoms with Crippen LogP contribution in [0.1, 0.15) is 42.7 Å². The first-order valence-corrected chi connectivity index (χ1v) is 10.7. The van der Waals surface area contributed by atoms with Gasteiger partial charge in [-0.1, -0.05) is 24.3 Å². The molecule has 2 N–H and O–H groups in total. The normalized spacial score (nSPS) is 21.7. The number of piperidine rings is 1. The average molecular weight is 399 g/mol. The minimum absolute atomic E-state index is 0.286. The van der Waals surface area contributed by atoms with Crippen molar-refractivity contribution in [1.29, 1.82) is 0 Å². The summed E-state index contributed by atoms with van der Waals surface area (Å²) in [7, 11) is 1.64. The van der Waals surface area contributed by atoms with E-state index in [1.54, 1.807) is 13.2 Å². The molecule has 2 fully saturated rings. The van der Waals surface area contributed by atoms with Crippen LogP contribution < -0.4 is 20.1 Å². The van der Waals surface area contributed by atoms with Crippen molar-refractivity contribution >= 4 is 0 Å². The number of methoxy groups -OCH3 is 1. The van der Waals surface area contributed by atoms with Gasteiger partial charge in [-0.25, -0.2) is 4.39 Å². The Morgan fingerprint density at radius 1 is 1.14 bits per heavy atom. The van der Waals surface area contributed by atoms with Crippen LogP contribution in [0.4, 0.5) is 4.39 Å². The smallest absolute Gasteiger partial charge is 0.165 e. The van der Waals surface area contributed by atoms with Gasteiger partial charge in [0.05, 0.1) is 7.11 Å². The Labute approximate surface area is 172 Å². The van der Waals surface area contributed by atoms with Gasteiger partial charge in [-0.15, -0.1) is 0 Å². The van der Waals surface area contributed by atoms with Crippen molar-refractivity contribution in [2.45, 2.75) is 44.2 Å². The molecule has 0 radical (unpaired) electrons. The van der Waals surface area contributed by atoms with Crippen molar-refractivity contribution < 1.29 is 13.9 Å². The SMILES string of the molecule is COc1cccc(COc2c(F)cccc2C2CC2NCCC2CCNCC2)c1. The molecule has 2 aromatic rings. The lowest BCUT2D eigenvalue weighted by atomic mass is 9.95. The van der Waals surface area contributed by atoms with Gasteiger partial charge in [-0.2, -0.15) is 0 Å². The highest BCUT2D eigenvalue weighted by molar-refractivity contribution is 5.42. The summed E-state index contributed by atoms with van der Waals surface area (Å²) in [6.45, 7) is 3.66. The van der Waals surface area contributed by atoms with Crippen LogP contribution in [0.25, 0.3) is 0 Å². The standard InChI is InChI=1S/C24H31FN2O2/c1-28-19-5-2-4-18(14-19)16-29-24-20(6-3-7-22(24)25)21-15-23(21)27-13-10-17-8-11-26-12-9-17/h2-7,14,17,21,23,26-27H,8-13,15-16H2,1H3. The third kappa shape index (κ3) is 5.28. The van der Waals surface area contributed by atoms with Crippen LogP contribution in [0, 0.1) is 11.7 Å². The summed E-state index contributed by atoms with van der Waals surface area (Å²) in [5, 5.41) is 7.09. The molecule has 1 heterocycles. The van der Waals surface area contributed by atoms with Crippen LogP contribution in [0.5, 0.6) is 11.5 Å². The lowest BCUT2D eigenvalue weighted by Crippen LogP contribution is -2.30. The molecule has 0 spiro atoms.